The van der Waals surface area contributed by atoms with E-state index in [-0.39, 0.29) is 28.4 Å². The van der Waals surface area contributed by atoms with Crippen LogP contribution in [0.2, 0.25) is 0 Å². The van der Waals surface area contributed by atoms with Crippen LogP contribution in [0.4, 0.5) is 11.4 Å². The van der Waals surface area contributed by atoms with E-state index in [0.29, 0.717) is 0 Å². The zero-order chi connectivity index (χ0) is 19.7. The van der Waals surface area contributed by atoms with Gasteiger partial charge in [0.05, 0.1) is 16.1 Å². The van der Waals surface area contributed by atoms with Gasteiger partial charge in [0.2, 0.25) is 5.91 Å². The number of fused-ring (bicyclic) bond motifs is 1. The van der Waals surface area contributed by atoms with Crippen molar-refractivity contribution in [3.8, 4) is 0 Å². The van der Waals surface area contributed by atoms with E-state index >= 15 is 0 Å². The summed E-state index contributed by atoms with van der Waals surface area (Å²) in [6.07, 6.45) is 0. The summed E-state index contributed by atoms with van der Waals surface area (Å²) < 4.78 is 0. The second kappa shape index (κ2) is 6.99. The van der Waals surface area contributed by atoms with E-state index in [1.54, 1.807) is 38.1 Å². The lowest BCUT2D eigenvalue weighted by Crippen LogP contribution is -2.50. The van der Waals surface area contributed by atoms with Gasteiger partial charge in [0, 0.05) is 17.8 Å². The number of carbonyl (C=O) groups is 3. The number of nitrogens with zero attached hydrogens (tertiary/aromatic N) is 2. The van der Waals surface area contributed by atoms with Gasteiger partial charge in [-0.3, -0.25) is 29.4 Å². The van der Waals surface area contributed by atoms with Crippen molar-refractivity contribution in [3.63, 3.8) is 0 Å². The summed E-state index contributed by atoms with van der Waals surface area (Å²) in [7, 11) is 0. The molecule has 8 heteroatoms. The number of benzene rings is 2. The maximum Gasteiger partial charge on any atom is 0.271 e. The first-order chi connectivity index (χ1) is 12.8. The minimum Gasteiger partial charge on any atom is -0.324 e. The molecule has 1 atom stereocenters. The second-order valence-electron chi connectivity index (χ2n) is 6.51. The molecule has 1 aliphatic heterocycles. The summed E-state index contributed by atoms with van der Waals surface area (Å²) >= 11 is 0. The van der Waals surface area contributed by atoms with Crippen LogP contribution in [0.5, 0.6) is 0 Å². The Morgan fingerprint density at radius 3 is 2.15 bits per heavy atom. The minimum atomic E-state index is -1.04. The fourth-order valence-electron chi connectivity index (χ4n) is 3.09. The lowest BCUT2D eigenvalue weighted by atomic mass is 10.0. The number of nitrogens with one attached hydrogen (secondary N) is 1. The Morgan fingerprint density at radius 2 is 1.63 bits per heavy atom. The Morgan fingerprint density at radius 1 is 1.04 bits per heavy atom. The summed E-state index contributed by atoms with van der Waals surface area (Å²) in [6.45, 7) is 3.45. The van der Waals surface area contributed by atoms with E-state index in [4.69, 9.17) is 0 Å². The lowest BCUT2D eigenvalue weighted by Gasteiger charge is -2.28. The van der Waals surface area contributed by atoms with Crippen LogP contribution in [0.25, 0.3) is 0 Å². The predicted molar refractivity (Wildman–Crippen MR) is 97.3 cm³/mol. The number of nitro benzene ring substituents is 1. The molecular formula is C19H17N3O5. The Hall–Kier alpha value is -3.55. The highest BCUT2D eigenvalue weighted by Crippen LogP contribution is 2.28. The monoisotopic (exact) mass is 367 g/mol. The summed E-state index contributed by atoms with van der Waals surface area (Å²) in [5, 5.41) is 13.5. The van der Waals surface area contributed by atoms with Crippen LogP contribution in [0.15, 0.2) is 48.5 Å². The van der Waals surface area contributed by atoms with E-state index in [1.807, 2.05) is 0 Å². The summed E-state index contributed by atoms with van der Waals surface area (Å²) in [4.78, 5) is 49.5. The van der Waals surface area contributed by atoms with Gasteiger partial charge in [-0.1, -0.05) is 32.0 Å². The molecule has 1 unspecified atom stereocenters. The molecule has 0 saturated carbocycles. The van der Waals surface area contributed by atoms with E-state index in [2.05, 4.69) is 5.32 Å². The third kappa shape index (κ3) is 3.29. The van der Waals surface area contributed by atoms with Crippen molar-refractivity contribution in [1.82, 2.24) is 4.90 Å². The van der Waals surface area contributed by atoms with Crippen molar-refractivity contribution in [2.75, 3.05) is 5.32 Å². The Bertz CT molecular complexity index is 919. The van der Waals surface area contributed by atoms with Crippen LogP contribution in [0.1, 0.15) is 34.6 Å². The maximum atomic E-state index is 12.8. The molecule has 0 radical (unpaired) electrons. The van der Waals surface area contributed by atoms with Crippen molar-refractivity contribution in [2.24, 2.45) is 5.92 Å². The van der Waals surface area contributed by atoms with E-state index < -0.39 is 28.7 Å². The molecule has 2 aromatic rings. The molecule has 0 spiro atoms. The molecule has 0 bridgehead atoms. The molecule has 138 valence electrons. The van der Waals surface area contributed by atoms with E-state index in [0.717, 1.165) is 4.90 Å². The molecule has 1 heterocycles. The standard InChI is InChI=1S/C19H17N3O5/c1-11(2)16(17(23)20-12-6-5-7-13(10-12)22(26)27)21-18(24)14-8-3-4-9-15(14)19(21)25/h3-11,16H,1-2H3,(H,20,23). The first-order valence-corrected chi connectivity index (χ1v) is 8.33. The summed E-state index contributed by atoms with van der Waals surface area (Å²) in [6, 6.07) is 10.8. The number of hydrogen-bond acceptors (Lipinski definition) is 5. The highest BCUT2D eigenvalue weighted by molar-refractivity contribution is 6.23. The minimum absolute atomic E-state index is 0.172. The molecule has 0 fully saturated rings. The van der Waals surface area contributed by atoms with Gasteiger partial charge in [-0.25, -0.2) is 0 Å². The quantitative estimate of drug-likeness (QED) is 0.496. The van der Waals surface area contributed by atoms with Gasteiger partial charge >= 0.3 is 0 Å². The Labute approximate surface area is 154 Å². The highest BCUT2D eigenvalue weighted by atomic mass is 16.6. The van der Waals surface area contributed by atoms with Gasteiger partial charge in [-0.15, -0.1) is 0 Å². The van der Waals surface area contributed by atoms with Crippen LogP contribution in [0.3, 0.4) is 0 Å². The molecule has 0 aliphatic carbocycles. The topological polar surface area (TPSA) is 110 Å². The molecule has 0 saturated heterocycles. The third-order valence-corrected chi connectivity index (χ3v) is 4.33. The number of hydrogen-bond donors (Lipinski definition) is 1. The largest absolute Gasteiger partial charge is 0.324 e. The first kappa shape index (κ1) is 18.2. The van der Waals surface area contributed by atoms with Gasteiger partial charge < -0.3 is 5.32 Å². The molecular weight excluding hydrogens is 350 g/mol. The number of nitro groups is 1. The molecule has 1 N–H and O–H groups in total. The van der Waals surface area contributed by atoms with Crippen molar-refractivity contribution in [2.45, 2.75) is 19.9 Å². The number of carbonyl (C=O) groups excluding carboxylic acids is 3. The van der Waals surface area contributed by atoms with Crippen LogP contribution < -0.4 is 5.32 Å². The number of rotatable bonds is 5. The summed E-state index contributed by atoms with van der Waals surface area (Å²) in [5.41, 5.74) is 0.568. The molecule has 2 aromatic carbocycles. The fraction of sp³-hybridized carbons (Fsp3) is 0.211. The van der Waals surface area contributed by atoms with Gasteiger partial charge in [0.25, 0.3) is 17.5 Å². The SMILES string of the molecule is CC(C)C(C(=O)Nc1cccc([N+](=O)[O-])c1)N1C(=O)c2ccccc2C1=O. The maximum absolute atomic E-state index is 12.8. The molecule has 3 rings (SSSR count). The van der Waals surface area contributed by atoms with Gasteiger partial charge in [-0.05, 0) is 24.1 Å². The fourth-order valence-corrected chi connectivity index (χ4v) is 3.09. The molecule has 1 aliphatic rings. The third-order valence-electron chi connectivity index (χ3n) is 4.33. The first-order valence-electron chi connectivity index (χ1n) is 8.33. The Balaban J connectivity index is 1.90. The van der Waals surface area contributed by atoms with Crippen LogP contribution in [0, 0.1) is 16.0 Å². The molecule has 8 nitrogen and oxygen atoms in total. The van der Waals surface area contributed by atoms with Crippen LogP contribution in [-0.2, 0) is 4.79 Å². The number of anilines is 1. The molecule has 0 aromatic heterocycles. The van der Waals surface area contributed by atoms with Crippen molar-refractivity contribution >= 4 is 29.1 Å². The average Bonchev–Trinajstić information content (AvgIpc) is 2.87. The number of imide groups is 1. The molecule has 3 amide bonds. The lowest BCUT2D eigenvalue weighted by molar-refractivity contribution is -0.384. The normalized spacial score (nSPS) is 14.3. The van der Waals surface area contributed by atoms with Gasteiger partial charge in [0.1, 0.15) is 6.04 Å². The van der Waals surface area contributed by atoms with Gasteiger partial charge in [0.15, 0.2) is 0 Å². The Kier molecular flexibility index (Phi) is 4.72. The summed E-state index contributed by atoms with van der Waals surface area (Å²) in [5.74, 6) is -1.99. The van der Waals surface area contributed by atoms with Crippen LogP contribution >= 0.6 is 0 Å². The van der Waals surface area contributed by atoms with Crippen molar-refractivity contribution in [1.29, 1.82) is 0 Å². The van der Waals surface area contributed by atoms with Crippen LogP contribution in [-0.4, -0.2) is 33.6 Å². The van der Waals surface area contributed by atoms with E-state index in [1.165, 1.54) is 24.3 Å². The zero-order valence-electron chi connectivity index (χ0n) is 14.7. The smallest absolute Gasteiger partial charge is 0.271 e. The number of amides is 3. The zero-order valence-corrected chi connectivity index (χ0v) is 14.7. The van der Waals surface area contributed by atoms with Crippen molar-refractivity contribution < 1.29 is 19.3 Å². The van der Waals surface area contributed by atoms with Crippen molar-refractivity contribution in [3.05, 3.63) is 69.8 Å². The second-order valence-corrected chi connectivity index (χ2v) is 6.51. The van der Waals surface area contributed by atoms with E-state index in [9.17, 15) is 24.5 Å². The number of non-ortho nitro benzene ring substituents is 1. The molecule has 27 heavy (non-hydrogen) atoms. The van der Waals surface area contributed by atoms with Gasteiger partial charge in [-0.2, -0.15) is 0 Å². The average molecular weight is 367 g/mol. The highest BCUT2D eigenvalue weighted by Gasteiger charge is 2.43. The predicted octanol–water partition coefficient (Wildman–Crippen LogP) is 2.85.